The first kappa shape index (κ1) is 19.4. The van der Waals surface area contributed by atoms with Crippen LogP contribution in [0.5, 0.6) is 5.75 Å². The van der Waals surface area contributed by atoms with E-state index in [1.54, 1.807) is 54.6 Å². The van der Waals surface area contributed by atoms with Crippen LogP contribution in [0.2, 0.25) is 0 Å². The lowest BCUT2D eigenvalue weighted by Crippen LogP contribution is -2.29. The molecule has 0 saturated carbocycles. The summed E-state index contributed by atoms with van der Waals surface area (Å²) in [5, 5.41) is 10.9. The number of hydrogen-bond acceptors (Lipinski definition) is 4. The predicted octanol–water partition coefficient (Wildman–Crippen LogP) is 4.46. The topological polar surface area (TPSA) is 66.8 Å². The second kappa shape index (κ2) is 7.83. The molecule has 1 aliphatic heterocycles. The molecular formula is C24H18FNO4. The molecule has 1 N–H and O–H groups in total. The molecule has 3 aromatic rings. The third-order valence-electron chi connectivity index (χ3n) is 5.01. The Bertz CT molecular complexity index is 1140. The van der Waals surface area contributed by atoms with E-state index in [4.69, 9.17) is 4.74 Å². The Morgan fingerprint density at radius 3 is 2.33 bits per heavy atom. The van der Waals surface area contributed by atoms with Crippen molar-refractivity contribution in [2.75, 3.05) is 12.0 Å². The zero-order valence-corrected chi connectivity index (χ0v) is 16.1. The minimum absolute atomic E-state index is 0.0550. The van der Waals surface area contributed by atoms with Crippen molar-refractivity contribution in [1.82, 2.24) is 0 Å². The minimum atomic E-state index is -0.919. The van der Waals surface area contributed by atoms with E-state index in [-0.39, 0.29) is 11.3 Å². The molecule has 1 aliphatic rings. The van der Waals surface area contributed by atoms with Crippen LogP contribution in [-0.4, -0.2) is 23.9 Å². The van der Waals surface area contributed by atoms with Crippen molar-refractivity contribution in [1.29, 1.82) is 0 Å². The monoisotopic (exact) mass is 403 g/mol. The number of Topliss-reactive ketones (excluding diaryl/α,β-unsaturated/α-hetero) is 1. The molecule has 5 nitrogen and oxygen atoms in total. The van der Waals surface area contributed by atoms with Gasteiger partial charge in [0.05, 0.1) is 18.7 Å². The number of benzene rings is 3. The number of nitrogens with zero attached hydrogens (tertiary/aromatic N) is 1. The maximum Gasteiger partial charge on any atom is 0.300 e. The highest BCUT2D eigenvalue weighted by Crippen LogP contribution is 2.42. The largest absolute Gasteiger partial charge is 0.507 e. The Hall–Kier alpha value is -3.93. The zero-order chi connectivity index (χ0) is 21.3. The van der Waals surface area contributed by atoms with E-state index >= 15 is 0 Å². The molecule has 0 aliphatic carbocycles. The van der Waals surface area contributed by atoms with Gasteiger partial charge < -0.3 is 9.84 Å². The van der Waals surface area contributed by atoms with E-state index in [2.05, 4.69) is 0 Å². The van der Waals surface area contributed by atoms with Crippen molar-refractivity contribution >= 4 is 23.1 Å². The SMILES string of the molecule is COc1cccc(N2C(=O)C(=O)/C(=C(/O)c3ccccc3)C2c2ccc(F)cc2)c1. The fraction of sp³-hybridized carbons (Fsp3) is 0.0833. The van der Waals surface area contributed by atoms with Gasteiger partial charge in [0.2, 0.25) is 0 Å². The summed E-state index contributed by atoms with van der Waals surface area (Å²) in [5.41, 5.74) is 1.28. The van der Waals surface area contributed by atoms with E-state index in [1.165, 1.54) is 36.3 Å². The molecule has 0 spiro atoms. The number of methoxy groups -OCH3 is 1. The summed E-state index contributed by atoms with van der Waals surface area (Å²) in [6.45, 7) is 0. The molecule has 1 amide bonds. The van der Waals surface area contributed by atoms with Crippen LogP contribution in [0.15, 0.2) is 84.4 Å². The minimum Gasteiger partial charge on any atom is -0.507 e. The highest BCUT2D eigenvalue weighted by molar-refractivity contribution is 6.51. The number of anilines is 1. The van der Waals surface area contributed by atoms with Crippen LogP contribution < -0.4 is 9.64 Å². The van der Waals surface area contributed by atoms with Gasteiger partial charge >= 0.3 is 0 Å². The highest BCUT2D eigenvalue weighted by atomic mass is 19.1. The van der Waals surface area contributed by atoms with Crippen LogP contribution in [0.4, 0.5) is 10.1 Å². The molecular weight excluding hydrogens is 385 g/mol. The molecule has 30 heavy (non-hydrogen) atoms. The van der Waals surface area contributed by atoms with Crippen LogP contribution in [0.1, 0.15) is 17.2 Å². The van der Waals surface area contributed by atoms with Crippen LogP contribution in [0.25, 0.3) is 5.76 Å². The summed E-state index contributed by atoms with van der Waals surface area (Å²) in [6.07, 6.45) is 0. The van der Waals surface area contributed by atoms with Crippen molar-refractivity contribution in [3.8, 4) is 5.75 Å². The molecule has 1 saturated heterocycles. The Kier molecular flexibility index (Phi) is 5.06. The van der Waals surface area contributed by atoms with Crippen molar-refractivity contribution < 1.29 is 23.8 Å². The number of aliphatic hydroxyl groups excluding tert-OH is 1. The molecule has 1 unspecified atom stereocenters. The predicted molar refractivity (Wildman–Crippen MR) is 111 cm³/mol. The van der Waals surface area contributed by atoms with Gasteiger partial charge in [-0.2, -0.15) is 0 Å². The molecule has 3 aromatic carbocycles. The molecule has 0 bridgehead atoms. The standard InChI is InChI=1S/C24H18FNO4/c1-30-19-9-5-8-18(14-19)26-21(15-10-12-17(25)13-11-15)20(23(28)24(26)29)22(27)16-6-3-2-4-7-16/h2-14,21,27H,1H3/b22-20+. The first-order valence-electron chi connectivity index (χ1n) is 9.27. The summed E-state index contributed by atoms with van der Waals surface area (Å²) < 4.78 is 18.8. The number of ether oxygens (including phenoxy) is 1. The Labute approximate surface area is 172 Å². The number of hydrogen-bond donors (Lipinski definition) is 1. The number of ketones is 1. The normalized spacial score (nSPS) is 17.9. The van der Waals surface area contributed by atoms with E-state index in [0.29, 0.717) is 22.6 Å². The lowest BCUT2D eigenvalue weighted by molar-refractivity contribution is -0.132. The summed E-state index contributed by atoms with van der Waals surface area (Å²) in [7, 11) is 1.50. The van der Waals surface area contributed by atoms with E-state index < -0.39 is 23.5 Å². The Morgan fingerprint density at radius 1 is 0.967 bits per heavy atom. The fourth-order valence-electron chi connectivity index (χ4n) is 3.57. The van der Waals surface area contributed by atoms with E-state index in [0.717, 1.165) is 0 Å². The Morgan fingerprint density at radius 2 is 1.67 bits per heavy atom. The van der Waals surface area contributed by atoms with Crippen LogP contribution in [-0.2, 0) is 9.59 Å². The van der Waals surface area contributed by atoms with Gasteiger partial charge in [-0.3, -0.25) is 14.5 Å². The second-order valence-electron chi connectivity index (χ2n) is 6.79. The molecule has 1 atom stereocenters. The van der Waals surface area contributed by atoms with Crippen molar-refractivity contribution in [2.24, 2.45) is 0 Å². The number of carbonyl (C=O) groups is 2. The third kappa shape index (κ3) is 3.33. The molecule has 0 aromatic heterocycles. The van der Waals surface area contributed by atoms with Gasteiger partial charge in [0.1, 0.15) is 17.3 Å². The van der Waals surface area contributed by atoms with Gasteiger partial charge in [-0.25, -0.2) is 4.39 Å². The summed E-state index contributed by atoms with van der Waals surface area (Å²) >= 11 is 0. The molecule has 6 heteroatoms. The van der Waals surface area contributed by atoms with Gasteiger partial charge in [-0.1, -0.05) is 48.5 Å². The van der Waals surface area contributed by atoms with Crippen molar-refractivity contribution in [3.05, 3.63) is 101 Å². The smallest absolute Gasteiger partial charge is 0.300 e. The first-order chi connectivity index (χ1) is 14.5. The molecule has 1 heterocycles. The lowest BCUT2D eigenvalue weighted by Gasteiger charge is -2.25. The molecule has 0 radical (unpaired) electrons. The molecule has 4 rings (SSSR count). The number of aliphatic hydroxyl groups is 1. The summed E-state index contributed by atoms with van der Waals surface area (Å²) in [6, 6.07) is 19.8. The van der Waals surface area contributed by atoms with Gasteiger partial charge in [0.25, 0.3) is 11.7 Å². The maximum absolute atomic E-state index is 13.5. The van der Waals surface area contributed by atoms with Crippen LogP contribution in [0, 0.1) is 5.82 Å². The number of halogens is 1. The average Bonchev–Trinajstić information content (AvgIpc) is 3.05. The second-order valence-corrected chi connectivity index (χ2v) is 6.79. The van der Waals surface area contributed by atoms with Gasteiger partial charge in [0.15, 0.2) is 0 Å². The fourth-order valence-corrected chi connectivity index (χ4v) is 3.57. The average molecular weight is 403 g/mol. The summed E-state index contributed by atoms with van der Waals surface area (Å²) in [4.78, 5) is 27.3. The van der Waals surface area contributed by atoms with Crippen molar-refractivity contribution in [3.63, 3.8) is 0 Å². The van der Waals surface area contributed by atoms with E-state index in [9.17, 15) is 19.1 Å². The maximum atomic E-state index is 13.5. The Balaban J connectivity index is 1.94. The van der Waals surface area contributed by atoms with Gasteiger partial charge in [0, 0.05) is 17.3 Å². The zero-order valence-electron chi connectivity index (χ0n) is 16.1. The van der Waals surface area contributed by atoms with Gasteiger partial charge in [-0.15, -0.1) is 0 Å². The number of rotatable bonds is 4. The first-order valence-corrected chi connectivity index (χ1v) is 9.27. The van der Waals surface area contributed by atoms with Crippen LogP contribution >= 0.6 is 0 Å². The lowest BCUT2D eigenvalue weighted by atomic mass is 9.95. The van der Waals surface area contributed by atoms with Crippen LogP contribution in [0.3, 0.4) is 0 Å². The van der Waals surface area contributed by atoms with Crippen molar-refractivity contribution in [2.45, 2.75) is 6.04 Å². The molecule has 150 valence electrons. The van der Waals surface area contributed by atoms with Gasteiger partial charge in [-0.05, 0) is 29.8 Å². The highest BCUT2D eigenvalue weighted by Gasteiger charge is 2.47. The molecule has 1 fully saturated rings. The summed E-state index contributed by atoms with van der Waals surface area (Å²) in [5.74, 6) is -1.81. The third-order valence-corrected chi connectivity index (χ3v) is 5.01. The number of carbonyl (C=O) groups excluding carboxylic acids is 2. The van der Waals surface area contributed by atoms with E-state index in [1.807, 2.05) is 0 Å². The number of amides is 1. The quantitative estimate of drug-likeness (QED) is 0.397.